The van der Waals surface area contributed by atoms with Gasteiger partial charge in [0.1, 0.15) is 5.82 Å². The zero-order valence-corrected chi connectivity index (χ0v) is 11.5. The lowest BCUT2D eigenvalue weighted by Crippen LogP contribution is -2.30. The highest BCUT2D eigenvalue weighted by molar-refractivity contribution is 5.89. The molecule has 3 nitrogen and oxygen atoms in total. The van der Waals surface area contributed by atoms with Crippen LogP contribution in [-0.4, -0.2) is 11.9 Å². The molecular weight excluding hydrogens is 243 g/mol. The Kier molecular flexibility index (Phi) is 4.40. The van der Waals surface area contributed by atoms with Crippen LogP contribution < -0.4 is 10.6 Å². The zero-order chi connectivity index (χ0) is 13.8. The Morgan fingerprint density at radius 2 is 2.05 bits per heavy atom. The summed E-state index contributed by atoms with van der Waals surface area (Å²) in [5.74, 6) is 0.132. The summed E-state index contributed by atoms with van der Waals surface area (Å²) < 4.78 is 13.8. The van der Waals surface area contributed by atoms with Gasteiger partial charge >= 0.3 is 0 Å². The van der Waals surface area contributed by atoms with Gasteiger partial charge in [0.25, 0.3) is 0 Å². The first-order valence-corrected chi connectivity index (χ1v) is 6.90. The SMILES string of the molecule is CC(=O)Nc1ccc(F)c(NC2CCCCC2C)c1. The van der Waals surface area contributed by atoms with Crippen LogP contribution >= 0.6 is 0 Å². The Hall–Kier alpha value is -1.58. The van der Waals surface area contributed by atoms with Crippen LogP contribution in [0.4, 0.5) is 15.8 Å². The Morgan fingerprint density at radius 1 is 1.32 bits per heavy atom. The molecule has 0 aliphatic heterocycles. The molecule has 2 rings (SSSR count). The minimum Gasteiger partial charge on any atom is -0.380 e. The Labute approximate surface area is 113 Å². The van der Waals surface area contributed by atoms with E-state index in [1.807, 2.05) is 0 Å². The molecule has 1 saturated carbocycles. The molecule has 1 aliphatic rings. The number of amides is 1. The van der Waals surface area contributed by atoms with E-state index in [0.29, 0.717) is 23.3 Å². The minimum atomic E-state index is -0.271. The second-order valence-electron chi connectivity index (χ2n) is 5.39. The summed E-state index contributed by atoms with van der Waals surface area (Å²) in [5.41, 5.74) is 1.10. The molecule has 0 saturated heterocycles. The van der Waals surface area contributed by atoms with Crippen molar-refractivity contribution in [3.05, 3.63) is 24.0 Å². The average Bonchev–Trinajstić information content (AvgIpc) is 2.35. The van der Waals surface area contributed by atoms with E-state index in [1.165, 1.54) is 32.3 Å². The molecular formula is C15H21FN2O. The summed E-state index contributed by atoms with van der Waals surface area (Å²) in [6.07, 6.45) is 4.71. The molecule has 0 heterocycles. The third-order valence-electron chi connectivity index (χ3n) is 3.74. The predicted octanol–water partition coefficient (Wildman–Crippen LogP) is 3.77. The van der Waals surface area contributed by atoms with Gasteiger partial charge in [-0.3, -0.25) is 4.79 Å². The van der Waals surface area contributed by atoms with Crippen molar-refractivity contribution in [2.45, 2.75) is 45.6 Å². The number of anilines is 2. The molecule has 2 N–H and O–H groups in total. The van der Waals surface area contributed by atoms with Crippen LogP contribution in [-0.2, 0) is 4.79 Å². The largest absolute Gasteiger partial charge is 0.380 e. The minimum absolute atomic E-state index is 0.149. The fraction of sp³-hybridized carbons (Fsp3) is 0.533. The van der Waals surface area contributed by atoms with Crippen LogP contribution in [0.15, 0.2) is 18.2 Å². The Bertz CT molecular complexity index is 461. The second-order valence-corrected chi connectivity index (χ2v) is 5.39. The number of hydrogen-bond donors (Lipinski definition) is 2. The van der Waals surface area contributed by atoms with Crippen LogP contribution in [0.25, 0.3) is 0 Å². The number of nitrogens with one attached hydrogen (secondary N) is 2. The normalized spacial score (nSPS) is 22.9. The maximum Gasteiger partial charge on any atom is 0.221 e. The summed E-state index contributed by atoms with van der Waals surface area (Å²) in [7, 11) is 0. The van der Waals surface area contributed by atoms with Crippen LogP contribution in [0.2, 0.25) is 0 Å². The topological polar surface area (TPSA) is 41.1 Å². The quantitative estimate of drug-likeness (QED) is 0.872. The molecule has 2 unspecified atom stereocenters. The lowest BCUT2D eigenvalue weighted by molar-refractivity contribution is -0.114. The highest BCUT2D eigenvalue weighted by Gasteiger charge is 2.21. The average molecular weight is 264 g/mol. The van der Waals surface area contributed by atoms with Crippen molar-refractivity contribution in [1.82, 2.24) is 0 Å². The molecule has 104 valence electrons. The number of hydrogen-bond acceptors (Lipinski definition) is 2. The van der Waals surface area contributed by atoms with Crippen molar-refractivity contribution in [3.8, 4) is 0 Å². The van der Waals surface area contributed by atoms with Crippen molar-refractivity contribution >= 4 is 17.3 Å². The molecule has 19 heavy (non-hydrogen) atoms. The number of carbonyl (C=O) groups is 1. The third kappa shape index (κ3) is 3.69. The standard InChI is InChI=1S/C15H21FN2O/c1-10-5-3-4-6-14(10)18-15-9-12(17-11(2)19)7-8-13(15)16/h7-10,14,18H,3-6H2,1-2H3,(H,17,19). The molecule has 1 amide bonds. The van der Waals surface area contributed by atoms with Crippen LogP contribution in [0, 0.1) is 11.7 Å². The molecule has 4 heteroatoms. The van der Waals surface area contributed by atoms with Gasteiger partial charge in [-0.1, -0.05) is 19.8 Å². The maximum absolute atomic E-state index is 13.8. The highest BCUT2D eigenvalue weighted by Crippen LogP contribution is 2.28. The first kappa shape index (κ1) is 13.8. The van der Waals surface area contributed by atoms with Gasteiger partial charge in [-0.2, -0.15) is 0 Å². The van der Waals surface area contributed by atoms with Crippen molar-refractivity contribution in [2.75, 3.05) is 10.6 Å². The monoisotopic (exact) mass is 264 g/mol. The molecule has 1 aliphatic carbocycles. The molecule has 1 aromatic carbocycles. The van der Waals surface area contributed by atoms with E-state index in [4.69, 9.17) is 0 Å². The zero-order valence-electron chi connectivity index (χ0n) is 11.5. The van der Waals surface area contributed by atoms with Gasteiger partial charge in [0.2, 0.25) is 5.91 Å². The van der Waals surface area contributed by atoms with Crippen molar-refractivity contribution in [1.29, 1.82) is 0 Å². The van der Waals surface area contributed by atoms with E-state index in [0.717, 1.165) is 6.42 Å². The first-order chi connectivity index (χ1) is 9.06. The van der Waals surface area contributed by atoms with Gasteiger partial charge < -0.3 is 10.6 Å². The van der Waals surface area contributed by atoms with E-state index in [2.05, 4.69) is 17.6 Å². The molecule has 0 spiro atoms. The Morgan fingerprint density at radius 3 is 2.74 bits per heavy atom. The lowest BCUT2D eigenvalue weighted by Gasteiger charge is -2.30. The summed E-state index contributed by atoms with van der Waals surface area (Å²) in [5, 5.41) is 5.96. The highest BCUT2D eigenvalue weighted by atomic mass is 19.1. The number of rotatable bonds is 3. The molecule has 0 aromatic heterocycles. The molecule has 1 aromatic rings. The summed E-state index contributed by atoms with van der Waals surface area (Å²) in [6, 6.07) is 4.95. The summed E-state index contributed by atoms with van der Waals surface area (Å²) in [6.45, 7) is 3.64. The lowest BCUT2D eigenvalue weighted by atomic mass is 9.86. The van der Waals surface area contributed by atoms with Gasteiger partial charge in [0.15, 0.2) is 0 Å². The summed E-state index contributed by atoms with van der Waals surface area (Å²) >= 11 is 0. The van der Waals surface area contributed by atoms with Gasteiger partial charge in [-0.15, -0.1) is 0 Å². The second kappa shape index (κ2) is 6.04. The smallest absolute Gasteiger partial charge is 0.221 e. The third-order valence-corrected chi connectivity index (χ3v) is 3.74. The van der Waals surface area contributed by atoms with Crippen molar-refractivity contribution in [3.63, 3.8) is 0 Å². The summed E-state index contributed by atoms with van der Waals surface area (Å²) in [4.78, 5) is 11.0. The molecule has 0 bridgehead atoms. The van der Waals surface area contributed by atoms with E-state index in [1.54, 1.807) is 12.1 Å². The van der Waals surface area contributed by atoms with Gasteiger partial charge in [0, 0.05) is 18.7 Å². The van der Waals surface area contributed by atoms with E-state index >= 15 is 0 Å². The molecule has 2 atom stereocenters. The predicted molar refractivity (Wildman–Crippen MR) is 75.7 cm³/mol. The maximum atomic E-state index is 13.8. The van der Waals surface area contributed by atoms with E-state index < -0.39 is 0 Å². The van der Waals surface area contributed by atoms with Crippen LogP contribution in [0.1, 0.15) is 39.5 Å². The van der Waals surface area contributed by atoms with Gasteiger partial charge in [-0.05, 0) is 37.0 Å². The van der Waals surface area contributed by atoms with E-state index in [-0.39, 0.29) is 11.7 Å². The Balaban J connectivity index is 2.11. The molecule has 1 fully saturated rings. The fourth-order valence-electron chi connectivity index (χ4n) is 2.65. The number of carbonyl (C=O) groups excluding carboxylic acids is 1. The van der Waals surface area contributed by atoms with Crippen molar-refractivity contribution < 1.29 is 9.18 Å². The van der Waals surface area contributed by atoms with Gasteiger partial charge in [0.05, 0.1) is 5.69 Å². The first-order valence-electron chi connectivity index (χ1n) is 6.90. The number of benzene rings is 1. The van der Waals surface area contributed by atoms with Crippen LogP contribution in [0.5, 0.6) is 0 Å². The van der Waals surface area contributed by atoms with Gasteiger partial charge in [-0.25, -0.2) is 4.39 Å². The molecule has 0 radical (unpaired) electrons. The van der Waals surface area contributed by atoms with Crippen LogP contribution in [0.3, 0.4) is 0 Å². The van der Waals surface area contributed by atoms with E-state index in [9.17, 15) is 9.18 Å². The number of halogens is 1. The fourth-order valence-corrected chi connectivity index (χ4v) is 2.65. The van der Waals surface area contributed by atoms with Crippen molar-refractivity contribution in [2.24, 2.45) is 5.92 Å².